The van der Waals surface area contributed by atoms with E-state index in [-0.39, 0.29) is 5.92 Å². The number of rotatable bonds is 3. The lowest BCUT2D eigenvalue weighted by molar-refractivity contribution is -0.135. The SMILES string of the molecule is COc1ccc2sc(N3CCC(C(=O)N4CCSCC4)CC3)nc2c1. The van der Waals surface area contributed by atoms with Crippen molar-refractivity contribution in [2.75, 3.05) is 49.7 Å². The van der Waals surface area contributed by atoms with Crippen LogP contribution in [0.4, 0.5) is 5.13 Å². The van der Waals surface area contributed by atoms with Crippen molar-refractivity contribution >= 4 is 44.4 Å². The van der Waals surface area contributed by atoms with Gasteiger partial charge in [-0.05, 0) is 25.0 Å². The number of thiazole rings is 1. The number of ether oxygens (including phenoxy) is 1. The Morgan fingerprint density at radius 2 is 1.96 bits per heavy atom. The van der Waals surface area contributed by atoms with Gasteiger partial charge in [0, 0.05) is 49.7 Å². The standard InChI is InChI=1S/C18H23N3O2S2/c1-23-14-2-3-16-15(12-14)19-18(25-16)21-6-4-13(5-7-21)17(22)20-8-10-24-11-9-20/h2-3,12-13H,4-11H2,1H3. The quantitative estimate of drug-likeness (QED) is 0.822. The first kappa shape index (κ1) is 17.0. The number of methoxy groups -OCH3 is 1. The molecule has 0 radical (unpaired) electrons. The van der Waals surface area contributed by atoms with Crippen LogP contribution in [-0.2, 0) is 4.79 Å². The maximum absolute atomic E-state index is 12.7. The third-order valence-corrected chi connectivity index (χ3v) is 7.06. The van der Waals surface area contributed by atoms with Gasteiger partial charge >= 0.3 is 0 Å². The van der Waals surface area contributed by atoms with Gasteiger partial charge in [0.15, 0.2) is 5.13 Å². The molecule has 4 rings (SSSR count). The third kappa shape index (κ3) is 3.58. The highest BCUT2D eigenvalue weighted by atomic mass is 32.2. The van der Waals surface area contributed by atoms with Crippen molar-refractivity contribution < 1.29 is 9.53 Å². The molecule has 1 aromatic carbocycles. The molecule has 0 bridgehead atoms. The van der Waals surface area contributed by atoms with Crippen LogP contribution >= 0.6 is 23.1 Å². The summed E-state index contributed by atoms with van der Waals surface area (Å²) in [4.78, 5) is 21.8. The molecule has 2 aliphatic rings. The van der Waals surface area contributed by atoms with Gasteiger partial charge in [-0.2, -0.15) is 11.8 Å². The molecule has 7 heteroatoms. The highest BCUT2D eigenvalue weighted by Gasteiger charge is 2.30. The van der Waals surface area contributed by atoms with Crippen molar-refractivity contribution in [2.24, 2.45) is 5.92 Å². The summed E-state index contributed by atoms with van der Waals surface area (Å²) in [5, 5.41) is 1.06. The summed E-state index contributed by atoms with van der Waals surface area (Å²) < 4.78 is 6.46. The number of aromatic nitrogens is 1. The fourth-order valence-electron chi connectivity index (χ4n) is 3.52. The van der Waals surface area contributed by atoms with Gasteiger partial charge < -0.3 is 14.5 Å². The van der Waals surface area contributed by atoms with E-state index >= 15 is 0 Å². The molecular formula is C18H23N3O2S2. The van der Waals surface area contributed by atoms with Gasteiger partial charge in [-0.1, -0.05) is 11.3 Å². The first-order chi connectivity index (χ1) is 12.2. The zero-order valence-electron chi connectivity index (χ0n) is 14.4. The zero-order chi connectivity index (χ0) is 17.2. The Balaban J connectivity index is 1.40. The summed E-state index contributed by atoms with van der Waals surface area (Å²) >= 11 is 3.67. The smallest absolute Gasteiger partial charge is 0.225 e. The second-order valence-corrected chi connectivity index (χ2v) is 8.76. The van der Waals surface area contributed by atoms with E-state index in [2.05, 4.69) is 15.9 Å². The molecule has 0 aliphatic carbocycles. The minimum atomic E-state index is 0.189. The highest BCUT2D eigenvalue weighted by Crippen LogP contribution is 2.33. The summed E-state index contributed by atoms with van der Waals surface area (Å²) in [6, 6.07) is 6.03. The number of hydrogen-bond donors (Lipinski definition) is 0. The molecule has 0 atom stereocenters. The largest absolute Gasteiger partial charge is 0.497 e. The normalized spacial score (nSPS) is 19.4. The third-order valence-electron chi connectivity index (χ3n) is 5.02. The average Bonchev–Trinajstić information content (AvgIpc) is 3.11. The number of carbonyl (C=O) groups is 1. The highest BCUT2D eigenvalue weighted by molar-refractivity contribution is 7.99. The lowest BCUT2D eigenvalue weighted by atomic mass is 9.95. The van der Waals surface area contributed by atoms with Crippen LogP contribution in [0.25, 0.3) is 10.2 Å². The van der Waals surface area contributed by atoms with Crippen molar-refractivity contribution in [3.05, 3.63) is 18.2 Å². The van der Waals surface area contributed by atoms with E-state index in [1.54, 1.807) is 18.4 Å². The van der Waals surface area contributed by atoms with Crippen LogP contribution in [-0.4, -0.2) is 60.6 Å². The summed E-state index contributed by atoms with van der Waals surface area (Å²) in [6.07, 6.45) is 1.86. The van der Waals surface area contributed by atoms with E-state index in [9.17, 15) is 4.79 Å². The van der Waals surface area contributed by atoms with Crippen LogP contribution in [0.5, 0.6) is 5.75 Å². The van der Waals surface area contributed by atoms with Gasteiger partial charge in [0.2, 0.25) is 5.91 Å². The number of benzene rings is 1. The summed E-state index contributed by atoms with van der Waals surface area (Å²) in [7, 11) is 1.68. The summed E-state index contributed by atoms with van der Waals surface area (Å²) in [6.45, 7) is 3.67. The molecule has 5 nitrogen and oxygen atoms in total. The molecule has 0 saturated carbocycles. The van der Waals surface area contributed by atoms with Gasteiger partial charge in [-0.15, -0.1) is 0 Å². The maximum atomic E-state index is 12.7. The van der Waals surface area contributed by atoms with Crippen LogP contribution in [0.1, 0.15) is 12.8 Å². The number of carbonyl (C=O) groups excluding carboxylic acids is 1. The van der Waals surface area contributed by atoms with E-state index in [1.807, 2.05) is 23.9 Å². The second kappa shape index (κ2) is 7.41. The monoisotopic (exact) mass is 377 g/mol. The Bertz CT molecular complexity index is 750. The number of piperidine rings is 1. The molecule has 2 aliphatic heterocycles. The molecule has 25 heavy (non-hydrogen) atoms. The van der Waals surface area contributed by atoms with E-state index < -0.39 is 0 Å². The molecule has 0 N–H and O–H groups in total. The van der Waals surface area contributed by atoms with Crippen molar-refractivity contribution in [3.8, 4) is 5.75 Å². The minimum absolute atomic E-state index is 0.189. The van der Waals surface area contributed by atoms with E-state index in [1.165, 1.54) is 4.70 Å². The Hall–Kier alpha value is -1.47. The Labute approximate surface area is 156 Å². The number of nitrogens with zero attached hydrogens (tertiary/aromatic N) is 3. The Morgan fingerprint density at radius 1 is 1.20 bits per heavy atom. The Morgan fingerprint density at radius 3 is 2.68 bits per heavy atom. The lowest BCUT2D eigenvalue weighted by Crippen LogP contribution is -2.45. The lowest BCUT2D eigenvalue weighted by Gasteiger charge is -2.35. The van der Waals surface area contributed by atoms with Crippen molar-refractivity contribution in [1.82, 2.24) is 9.88 Å². The number of amides is 1. The molecule has 2 saturated heterocycles. The van der Waals surface area contributed by atoms with Crippen molar-refractivity contribution in [3.63, 3.8) is 0 Å². The molecule has 2 fully saturated rings. The summed E-state index contributed by atoms with van der Waals surface area (Å²) in [5.74, 6) is 3.57. The van der Waals surface area contributed by atoms with Gasteiger partial charge in [0.25, 0.3) is 0 Å². The topological polar surface area (TPSA) is 45.7 Å². The number of thioether (sulfide) groups is 1. The van der Waals surface area contributed by atoms with Crippen LogP contribution < -0.4 is 9.64 Å². The Kier molecular flexibility index (Phi) is 5.03. The molecular weight excluding hydrogens is 354 g/mol. The first-order valence-electron chi connectivity index (χ1n) is 8.80. The van der Waals surface area contributed by atoms with Crippen molar-refractivity contribution in [2.45, 2.75) is 12.8 Å². The molecule has 3 heterocycles. The summed E-state index contributed by atoms with van der Waals surface area (Å²) in [5.41, 5.74) is 0.989. The fraction of sp³-hybridized carbons (Fsp3) is 0.556. The van der Waals surface area contributed by atoms with Gasteiger partial charge in [-0.25, -0.2) is 4.98 Å². The number of hydrogen-bond acceptors (Lipinski definition) is 6. The van der Waals surface area contributed by atoms with E-state index in [4.69, 9.17) is 9.72 Å². The van der Waals surface area contributed by atoms with Crippen LogP contribution in [0.2, 0.25) is 0 Å². The zero-order valence-corrected chi connectivity index (χ0v) is 16.1. The second-order valence-electron chi connectivity index (χ2n) is 6.53. The van der Waals surface area contributed by atoms with Crippen LogP contribution in [0.3, 0.4) is 0 Å². The predicted molar refractivity (Wildman–Crippen MR) is 105 cm³/mol. The van der Waals surface area contributed by atoms with E-state index in [0.717, 1.165) is 66.9 Å². The fourth-order valence-corrected chi connectivity index (χ4v) is 5.42. The molecule has 0 spiro atoms. The van der Waals surface area contributed by atoms with Crippen LogP contribution in [0, 0.1) is 5.92 Å². The minimum Gasteiger partial charge on any atom is -0.497 e. The van der Waals surface area contributed by atoms with Gasteiger partial charge in [-0.3, -0.25) is 4.79 Å². The predicted octanol–water partition coefficient (Wildman–Crippen LogP) is 3.10. The van der Waals surface area contributed by atoms with Gasteiger partial charge in [0.05, 0.1) is 17.3 Å². The van der Waals surface area contributed by atoms with Crippen LogP contribution in [0.15, 0.2) is 18.2 Å². The average molecular weight is 378 g/mol. The molecule has 1 aromatic heterocycles. The van der Waals surface area contributed by atoms with E-state index in [0.29, 0.717) is 5.91 Å². The first-order valence-corrected chi connectivity index (χ1v) is 10.8. The maximum Gasteiger partial charge on any atom is 0.225 e. The van der Waals surface area contributed by atoms with Gasteiger partial charge in [0.1, 0.15) is 5.75 Å². The molecule has 134 valence electrons. The molecule has 0 unspecified atom stereocenters. The van der Waals surface area contributed by atoms with Crippen molar-refractivity contribution in [1.29, 1.82) is 0 Å². The molecule has 1 amide bonds. The molecule has 2 aromatic rings. The number of fused-ring (bicyclic) bond motifs is 1. The number of anilines is 1.